The second-order valence-corrected chi connectivity index (χ2v) is 4.31. The predicted molar refractivity (Wildman–Crippen MR) is 56.1 cm³/mol. The summed E-state index contributed by atoms with van der Waals surface area (Å²) in [6.07, 6.45) is 1.36. The zero-order valence-electron chi connectivity index (χ0n) is 8.85. The standard InChI is InChI=1S/C11H10FNO4/c12-8-5-7(1-2-9(8)13(16)17)6-11(3-4-11)10(14)15/h1-2,5H,3-4,6H2,(H,14,15). The number of rotatable bonds is 4. The van der Waals surface area contributed by atoms with Crippen molar-refractivity contribution in [1.29, 1.82) is 0 Å². The number of carbonyl (C=O) groups is 1. The van der Waals surface area contributed by atoms with Crippen molar-refractivity contribution in [2.24, 2.45) is 5.41 Å². The van der Waals surface area contributed by atoms with Crippen molar-refractivity contribution in [1.82, 2.24) is 0 Å². The molecule has 1 aliphatic carbocycles. The largest absolute Gasteiger partial charge is 0.481 e. The second kappa shape index (κ2) is 3.80. The zero-order valence-corrected chi connectivity index (χ0v) is 8.85. The summed E-state index contributed by atoms with van der Waals surface area (Å²) in [6, 6.07) is 3.52. The molecule has 1 N–H and O–H groups in total. The van der Waals surface area contributed by atoms with E-state index in [4.69, 9.17) is 5.11 Å². The molecule has 6 heteroatoms. The van der Waals surface area contributed by atoms with Crippen LogP contribution in [0.2, 0.25) is 0 Å². The Hall–Kier alpha value is -1.98. The van der Waals surface area contributed by atoms with E-state index in [1.54, 1.807) is 0 Å². The maximum Gasteiger partial charge on any atom is 0.309 e. The normalized spacial score (nSPS) is 16.5. The first-order valence-electron chi connectivity index (χ1n) is 5.11. The summed E-state index contributed by atoms with van der Waals surface area (Å²) in [6.45, 7) is 0. The molecule has 2 rings (SSSR count). The number of aliphatic carboxylic acids is 1. The summed E-state index contributed by atoms with van der Waals surface area (Å²) in [5.74, 6) is -1.81. The van der Waals surface area contributed by atoms with E-state index in [1.165, 1.54) is 6.07 Å². The molecule has 0 heterocycles. The fraction of sp³-hybridized carbons (Fsp3) is 0.364. The van der Waals surface area contributed by atoms with Gasteiger partial charge in [-0.1, -0.05) is 6.07 Å². The van der Waals surface area contributed by atoms with Crippen LogP contribution in [0.5, 0.6) is 0 Å². The van der Waals surface area contributed by atoms with E-state index in [9.17, 15) is 19.3 Å². The van der Waals surface area contributed by atoms with Gasteiger partial charge in [0.1, 0.15) is 0 Å². The average molecular weight is 239 g/mol. The number of nitrogens with zero attached hydrogens (tertiary/aromatic N) is 1. The Labute approximate surface area is 96.0 Å². The minimum absolute atomic E-state index is 0.219. The fourth-order valence-corrected chi connectivity index (χ4v) is 1.82. The van der Waals surface area contributed by atoms with Crippen LogP contribution in [0.4, 0.5) is 10.1 Å². The highest BCUT2D eigenvalue weighted by molar-refractivity contribution is 5.78. The topological polar surface area (TPSA) is 80.4 Å². The van der Waals surface area contributed by atoms with Gasteiger partial charge in [0.25, 0.3) is 0 Å². The number of hydrogen-bond donors (Lipinski definition) is 1. The fourth-order valence-electron chi connectivity index (χ4n) is 1.82. The third-order valence-corrected chi connectivity index (χ3v) is 3.06. The Morgan fingerprint density at radius 2 is 2.18 bits per heavy atom. The monoisotopic (exact) mass is 239 g/mol. The average Bonchev–Trinajstić information content (AvgIpc) is 2.98. The molecule has 1 fully saturated rings. The van der Waals surface area contributed by atoms with E-state index in [0.29, 0.717) is 18.4 Å². The van der Waals surface area contributed by atoms with Crippen LogP contribution in [0.25, 0.3) is 0 Å². The van der Waals surface area contributed by atoms with Crippen LogP contribution >= 0.6 is 0 Å². The molecule has 17 heavy (non-hydrogen) atoms. The van der Waals surface area contributed by atoms with E-state index >= 15 is 0 Å². The van der Waals surface area contributed by atoms with Crippen LogP contribution in [0, 0.1) is 21.3 Å². The number of benzene rings is 1. The Balaban J connectivity index is 2.22. The van der Waals surface area contributed by atoms with Crippen molar-refractivity contribution in [3.8, 4) is 0 Å². The van der Waals surface area contributed by atoms with Crippen LogP contribution in [0.3, 0.4) is 0 Å². The first kappa shape index (κ1) is 11.5. The van der Waals surface area contributed by atoms with Crippen LogP contribution in [0.1, 0.15) is 18.4 Å². The summed E-state index contributed by atoms with van der Waals surface area (Å²) in [7, 11) is 0. The molecule has 0 aromatic heterocycles. The van der Waals surface area contributed by atoms with E-state index < -0.39 is 27.8 Å². The van der Waals surface area contributed by atoms with Gasteiger partial charge in [-0.15, -0.1) is 0 Å². The third-order valence-electron chi connectivity index (χ3n) is 3.06. The van der Waals surface area contributed by atoms with E-state index in [0.717, 1.165) is 12.1 Å². The minimum atomic E-state index is -0.923. The Kier molecular flexibility index (Phi) is 2.57. The number of hydrogen-bond acceptors (Lipinski definition) is 3. The molecule has 0 saturated heterocycles. The summed E-state index contributed by atoms with van der Waals surface area (Å²) in [5.41, 5.74) is -0.898. The summed E-state index contributed by atoms with van der Waals surface area (Å²) >= 11 is 0. The molecule has 5 nitrogen and oxygen atoms in total. The van der Waals surface area contributed by atoms with Crippen LogP contribution in [-0.2, 0) is 11.2 Å². The van der Waals surface area contributed by atoms with Crippen molar-refractivity contribution in [2.75, 3.05) is 0 Å². The lowest BCUT2D eigenvalue weighted by atomic mass is 9.96. The molecule has 1 aromatic rings. The van der Waals surface area contributed by atoms with Gasteiger partial charge in [0, 0.05) is 6.07 Å². The van der Waals surface area contributed by atoms with Gasteiger partial charge < -0.3 is 5.11 Å². The van der Waals surface area contributed by atoms with Crippen LogP contribution < -0.4 is 0 Å². The Bertz CT molecular complexity index is 496. The number of halogens is 1. The van der Waals surface area contributed by atoms with E-state index in [1.807, 2.05) is 0 Å². The first-order chi connectivity index (χ1) is 7.94. The highest BCUT2D eigenvalue weighted by atomic mass is 19.1. The highest BCUT2D eigenvalue weighted by Crippen LogP contribution is 2.48. The van der Waals surface area contributed by atoms with Crippen molar-refractivity contribution < 1.29 is 19.2 Å². The summed E-state index contributed by atoms with van der Waals surface area (Å²) in [4.78, 5) is 20.6. The van der Waals surface area contributed by atoms with Gasteiger partial charge in [0.15, 0.2) is 0 Å². The number of carboxylic acid groups (broad SMARTS) is 1. The molecule has 1 aliphatic rings. The lowest BCUT2D eigenvalue weighted by molar-refractivity contribution is -0.387. The maximum absolute atomic E-state index is 13.3. The van der Waals surface area contributed by atoms with Gasteiger partial charge in [0.05, 0.1) is 10.3 Å². The number of carboxylic acids is 1. The second-order valence-electron chi connectivity index (χ2n) is 4.31. The first-order valence-corrected chi connectivity index (χ1v) is 5.11. The van der Waals surface area contributed by atoms with Crippen LogP contribution in [0.15, 0.2) is 18.2 Å². The third kappa shape index (κ3) is 2.11. The summed E-state index contributed by atoms with van der Waals surface area (Å²) < 4.78 is 13.3. The van der Waals surface area contributed by atoms with Crippen molar-refractivity contribution in [3.05, 3.63) is 39.7 Å². The van der Waals surface area contributed by atoms with Gasteiger partial charge in [-0.25, -0.2) is 0 Å². The van der Waals surface area contributed by atoms with Crippen molar-refractivity contribution in [2.45, 2.75) is 19.3 Å². The van der Waals surface area contributed by atoms with Crippen LogP contribution in [-0.4, -0.2) is 16.0 Å². The molecule has 90 valence electrons. The molecular formula is C11H10FNO4. The van der Waals surface area contributed by atoms with E-state index in [-0.39, 0.29) is 6.42 Å². The zero-order chi connectivity index (χ0) is 12.6. The number of nitro groups is 1. The van der Waals surface area contributed by atoms with Gasteiger partial charge in [-0.3, -0.25) is 14.9 Å². The molecule has 0 radical (unpaired) electrons. The highest BCUT2D eigenvalue weighted by Gasteiger charge is 2.50. The Morgan fingerprint density at radius 3 is 2.59 bits per heavy atom. The molecule has 0 aliphatic heterocycles. The van der Waals surface area contributed by atoms with Gasteiger partial charge in [0.2, 0.25) is 5.82 Å². The molecule has 0 amide bonds. The molecular weight excluding hydrogens is 229 g/mol. The van der Waals surface area contributed by atoms with E-state index in [2.05, 4.69) is 0 Å². The quantitative estimate of drug-likeness (QED) is 0.644. The van der Waals surface area contributed by atoms with Crippen molar-refractivity contribution in [3.63, 3.8) is 0 Å². The van der Waals surface area contributed by atoms with Gasteiger partial charge in [-0.05, 0) is 30.9 Å². The summed E-state index contributed by atoms with van der Waals surface area (Å²) in [5, 5.41) is 19.4. The smallest absolute Gasteiger partial charge is 0.309 e. The van der Waals surface area contributed by atoms with Gasteiger partial charge in [-0.2, -0.15) is 4.39 Å². The lowest BCUT2D eigenvalue weighted by Gasteiger charge is -2.09. The molecule has 1 saturated carbocycles. The molecule has 1 aromatic carbocycles. The SMILES string of the molecule is O=C(O)C1(Cc2ccc([N+](=O)[O-])c(F)c2)CC1. The Morgan fingerprint density at radius 1 is 1.53 bits per heavy atom. The molecule has 0 spiro atoms. The number of nitro benzene ring substituents is 1. The van der Waals surface area contributed by atoms with Gasteiger partial charge >= 0.3 is 11.7 Å². The maximum atomic E-state index is 13.3. The molecule has 0 bridgehead atoms. The molecule has 0 atom stereocenters. The molecule has 0 unspecified atom stereocenters. The predicted octanol–water partition coefficient (Wildman–Crippen LogP) is 2.14. The minimum Gasteiger partial charge on any atom is -0.481 e. The lowest BCUT2D eigenvalue weighted by Crippen LogP contribution is -2.17. The van der Waals surface area contributed by atoms with Crippen molar-refractivity contribution >= 4 is 11.7 Å².